The molecule has 0 unspecified atom stereocenters. The molecule has 2 aromatic heterocycles. The molecule has 14 heteroatoms. The number of piperidine rings is 1. The molecule has 47 heavy (non-hydrogen) atoms. The molecule has 0 radical (unpaired) electrons. The molecule has 1 aliphatic rings. The monoisotopic (exact) mass is 797 g/mol. The SMILES string of the molecule is CCCCCOC(=O)c1cc(N)ncc1I.CCCCCOC(=O)c1cc(N)ncc1Sc1ccc(S(=O)(=O)N2CCCCC2)cc1. The van der Waals surface area contributed by atoms with Crippen LogP contribution in [0.3, 0.4) is 0 Å². The number of hydrogen-bond donors (Lipinski definition) is 2. The molecule has 0 bridgehead atoms. The fourth-order valence-corrected chi connectivity index (χ4v) is 7.48. The highest BCUT2D eigenvalue weighted by atomic mass is 127. The van der Waals surface area contributed by atoms with E-state index in [4.69, 9.17) is 20.9 Å². The first kappa shape index (κ1) is 38.5. The van der Waals surface area contributed by atoms with Gasteiger partial charge in [0.05, 0.1) is 29.2 Å². The van der Waals surface area contributed by atoms with Gasteiger partial charge in [-0.25, -0.2) is 28.0 Å². The van der Waals surface area contributed by atoms with Crippen LogP contribution >= 0.6 is 34.4 Å². The van der Waals surface area contributed by atoms with Gasteiger partial charge >= 0.3 is 11.9 Å². The Kier molecular flexibility index (Phi) is 16.2. The molecule has 0 aliphatic carbocycles. The van der Waals surface area contributed by atoms with Crippen LogP contribution in [0, 0.1) is 3.57 Å². The lowest BCUT2D eigenvalue weighted by molar-refractivity contribution is 0.0486. The molecule has 256 valence electrons. The molecule has 11 nitrogen and oxygen atoms in total. The van der Waals surface area contributed by atoms with Crippen molar-refractivity contribution >= 4 is 68.0 Å². The highest BCUT2D eigenvalue weighted by Crippen LogP contribution is 2.32. The second-order valence-electron chi connectivity index (χ2n) is 10.9. The molecule has 1 fully saturated rings. The zero-order valence-corrected chi connectivity index (χ0v) is 30.7. The number of anilines is 2. The quantitative estimate of drug-likeness (QED) is 0.0984. The lowest BCUT2D eigenvalue weighted by Crippen LogP contribution is -2.35. The van der Waals surface area contributed by atoms with E-state index in [2.05, 4.69) is 23.8 Å². The number of benzene rings is 1. The van der Waals surface area contributed by atoms with Crippen LogP contribution in [0.25, 0.3) is 0 Å². The molecule has 0 spiro atoms. The third kappa shape index (κ3) is 12.2. The number of nitrogen functional groups attached to an aromatic ring is 2. The second-order valence-corrected chi connectivity index (χ2v) is 15.1. The first-order valence-corrected chi connectivity index (χ1v) is 19.2. The summed E-state index contributed by atoms with van der Waals surface area (Å²) in [5.41, 5.74) is 12.1. The van der Waals surface area contributed by atoms with E-state index in [-0.39, 0.29) is 16.7 Å². The van der Waals surface area contributed by atoms with E-state index in [1.807, 2.05) is 22.6 Å². The van der Waals surface area contributed by atoms with Gasteiger partial charge < -0.3 is 20.9 Å². The van der Waals surface area contributed by atoms with Gasteiger partial charge in [0.25, 0.3) is 0 Å². The fraction of sp³-hybridized carbons (Fsp3) is 0.455. The van der Waals surface area contributed by atoms with E-state index in [1.165, 1.54) is 17.8 Å². The lowest BCUT2D eigenvalue weighted by Gasteiger charge is -2.25. The maximum absolute atomic E-state index is 12.8. The number of unbranched alkanes of at least 4 members (excludes halogenated alkanes) is 4. The third-order valence-electron chi connectivity index (χ3n) is 7.17. The number of hydrogen-bond acceptors (Lipinski definition) is 11. The van der Waals surface area contributed by atoms with Crippen LogP contribution in [-0.2, 0) is 19.5 Å². The number of aromatic nitrogens is 2. The van der Waals surface area contributed by atoms with E-state index < -0.39 is 16.0 Å². The minimum absolute atomic E-state index is 0.243. The van der Waals surface area contributed by atoms with Gasteiger partial charge in [0.2, 0.25) is 10.0 Å². The van der Waals surface area contributed by atoms with Gasteiger partial charge in [-0.2, -0.15) is 4.31 Å². The molecule has 3 aromatic rings. The topological polar surface area (TPSA) is 168 Å². The van der Waals surface area contributed by atoms with Gasteiger partial charge in [0.1, 0.15) is 11.6 Å². The van der Waals surface area contributed by atoms with Crippen molar-refractivity contribution in [2.75, 3.05) is 37.8 Å². The molecule has 1 aliphatic heterocycles. The van der Waals surface area contributed by atoms with Gasteiger partial charge in [-0.05, 0) is 84.7 Å². The molecule has 0 amide bonds. The molecule has 4 N–H and O–H groups in total. The molecule has 0 saturated carbocycles. The van der Waals surface area contributed by atoms with Crippen LogP contribution in [0.15, 0.2) is 63.5 Å². The summed E-state index contributed by atoms with van der Waals surface area (Å²) in [6.07, 6.45) is 11.9. The number of nitrogens with two attached hydrogens (primary N) is 2. The Morgan fingerprint density at radius 1 is 0.830 bits per heavy atom. The molecular formula is C33H44IN5O6S2. The normalized spacial score (nSPS) is 13.3. The van der Waals surface area contributed by atoms with Crippen LogP contribution < -0.4 is 11.5 Å². The summed E-state index contributed by atoms with van der Waals surface area (Å²) < 4.78 is 38.5. The first-order valence-electron chi connectivity index (χ1n) is 15.9. The van der Waals surface area contributed by atoms with Crippen LogP contribution in [0.5, 0.6) is 0 Å². The number of carbonyl (C=O) groups excluding carboxylic acids is 2. The molecule has 1 saturated heterocycles. The van der Waals surface area contributed by atoms with Crippen LogP contribution in [-0.4, -0.2) is 60.9 Å². The maximum Gasteiger partial charge on any atom is 0.339 e. The van der Waals surface area contributed by atoms with Crippen LogP contribution in [0.1, 0.15) is 92.4 Å². The number of rotatable bonds is 14. The van der Waals surface area contributed by atoms with E-state index >= 15 is 0 Å². The van der Waals surface area contributed by atoms with Crippen LogP contribution in [0.2, 0.25) is 0 Å². The summed E-state index contributed by atoms with van der Waals surface area (Å²) in [4.78, 5) is 33.9. The smallest absolute Gasteiger partial charge is 0.339 e. The number of esters is 2. The Morgan fingerprint density at radius 2 is 1.36 bits per heavy atom. The molecule has 0 atom stereocenters. The maximum atomic E-state index is 12.8. The average molecular weight is 798 g/mol. The zero-order valence-electron chi connectivity index (χ0n) is 27.0. The van der Waals surface area contributed by atoms with Crippen molar-refractivity contribution in [3.05, 3.63) is 63.5 Å². The Balaban J connectivity index is 0.000000316. The molecule has 3 heterocycles. The van der Waals surface area contributed by atoms with Crippen molar-refractivity contribution in [3.8, 4) is 0 Å². The second kappa shape index (κ2) is 19.8. The van der Waals surface area contributed by atoms with E-state index in [1.54, 1.807) is 47.0 Å². The highest BCUT2D eigenvalue weighted by molar-refractivity contribution is 14.1. The summed E-state index contributed by atoms with van der Waals surface area (Å²) in [5, 5.41) is 0. The fourth-order valence-electron chi connectivity index (χ4n) is 4.56. The van der Waals surface area contributed by atoms with Gasteiger partial charge in [-0.1, -0.05) is 57.7 Å². The van der Waals surface area contributed by atoms with Crippen LogP contribution in [0.4, 0.5) is 11.6 Å². The highest BCUT2D eigenvalue weighted by Gasteiger charge is 2.26. The third-order valence-corrected chi connectivity index (χ3v) is 11.0. The zero-order chi connectivity index (χ0) is 34.2. The van der Waals surface area contributed by atoms with Gasteiger partial charge in [0, 0.05) is 38.8 Å². The molecule has 4 rings (SSSR count). The standard InChI is InChI=1S/C22H29N3O4S2.C11H15IN2O2/c1-2-3-7-14-29-22(26)19-15-21(23)24-16-20(19)30-17-8-10-18(11-9-17)31(27,28)25-12-5-4-6-13-25;1-2-3-4-5-16-11(15)8-6-10(13)14-7-9(8)12/h8-11,15-16H,2-7,12-14H2,1H3,(H2,23,24);6-7H,2-5H2,1H3,(H2,13,14). The summed E-state index contributed by atoms with van der Waals surface area (Å²) in [5.74, 6) is -0.180. The van der Waals surface area contributed by atoms with Crippen molar-refractivity contribution in [2.45, 2.75) is 86.3 Å². The number of nitrogens with zero attached hydrogens (tertiary/aromatic N) is 3. The van der Waals surface area contributed by atoms with Crippen molar-refractivity contribution in [2.24, 2.45) is 0 Å². The summed E-state index contributed by atoms with van der Waals surface area (Å²) in [7, 11) is -3.47. The predicted molar refractivity (Wildman–Crippen MR) is 193 cm³/mol. The molecule has 1 aromatic carbocycles. The Morgan fingerprint density at radius 3 is 1.94 bits per heavy atom. The van der Waals surface area contributed by atoms with Crippen molar-refractivity contribution in [3.63, 3.8) is 0 Å². The summed E-state index contributed by atoms with van der Waals surface area (Å²) in [6, 6.07) is 9.77. The van der Waals surface area contributed by atoms with Crippen molar-refractivity contribution in [1.29, 1.82) is 0 Å². The first-order chi connectivity index (χ1) is 22.6. The number of carbonyl (C=O) groups is 2. The number of sulfonamides is 1. The van der Waals surface area contributed by atoms with Gasteiger partial charge in [-0.15, -0.1) is 0 Å². The van der Waals surface area contributed by atoms with Gasteiger partial charge in [0.15, 0.2) is 0 Å². The van der Waals surface area contributed by atoms with Crippen molar-refractivity contribution < 1.29 is 27.5 Å². The summed E-state index contributed by atoms with van der Waals surface area (Å²) in [6.45, 7) is 6.16. The Labute approximate surface area is 295 Å². The number of pyridine rings is 2. The number of halogens is 1. The average Bonchev–Trinajstić information content (AvgIpc) is 3.07. The summed E-state index contributed by atoms with van der Waals surface area (Å²) >= 11 is 3.36. The van der Waals surface area contributed by atoms with E-state index in [9.17, 15) is 18.0 Å². The predicted octanol–water partition coefficient (Wildman–Crippen LogP) is 6.95. The Bertz CT molecular complexity index is 1570. The van der Waals surface area contributed by atoms with Gasteiger partial charge in [-0.3, -0.25) is 0 Å². The molecular weight excluding hydrogens is 753 g/mol. The van der Waals surface area contributed by atoms with Crippen molar-refractivity contribution in [1.82, 2.24) is 14.3 Å². The lowest BCUT2D eigenvalue weighted by atomic mass is 10.2. The minimum Gasteiger partial charge on any atom is -0.462 e. The minimum atomic E-state index is -3.47. The Hall–Kier alpha value is -2.95. The van der Waals surface area contributed by atoms with E-state index in [0.29, 0.717) is 48.1 Å². The largest absolute Gasteiger partial charge is 0.462 e. The van der Waals surface area contributed by atoms with E-state index in [0.717, 1.165) is 66.3 Å². The number of ether oxygens (including phenoxy) is 2.